The fraction of sp³-hybridized carbons (Fsp3) is 0.938. The van der Waals surface area contributed by atoms with Gasteiger partial charge >= 0.3 is 0 Å². The summed E-state index contributed by atoms with van der Waals surface area (Å²) in [6, 6.07) is 0. The van der Waals surface area contributed by atoms with Gasteiger partial charge in [-0.25, -0.2) is 0 Å². The molecule has 4 heteroatoms. The summed E-state index contributed by atoms with van der Waals surface area (Å²) in [4.78, 5) is 14.2. The minimum atomic E-state index is -0.598. The quantitative estimate of drug-likeness (QED) is 0.754. The Labute approximate surface area is 123 Å². The molecular weight excluding hydrogens is 252 g/mol. The molecule has 3 N–H and O–H groups in total. The third-order valence-corrected chi connectivity index (χ3v) is 4.45. The zero-order valence-electron chi connectivity index (χ0n) is 13.2. The van der Waals surface area contributed by atoms with Gasteiger partial charge in [-0.1, -0.05) is 19.8 Å². The van der Waals surface area contributed by atoms with Crippen LogP contribution in [0.4, 0.5) is 0 Å². The predicted octanol–water partition coefficient (Wildman–Crippen LogP) is 2.30. The molecule has 1 amide bonds. The fourth-order valence-corrected chi connectivity index (χ4v) is 3.08. The molecule has 0 spiro atoms. The first-order valence-electron chi connectivity index (χ1n) is 8.18. The van der Waals surface area contributed by atoms with Crippen molar-refractivity contribution in [3.05, 3.63) is 0 Å². The monoisotopic (exact) mass is 284 g/mol. The summed E-state index contributed by atoms with van der Waals surface area (Å²) in [5.74, 6) is 0.838. The van der Waals surface area contributed by atoms with Crippen LogP contribution in [0.5, 0.6) is 0 Å². The summed E-state index contributed by atoms with van der Waals surface area (Å²) in [5.41, 5.74) is 5.04. The van der Waals surface area contributed by atoms with Gasteiger partial charge in [-0.05, 0) is 51.5 Å². The zero-order valence-corrected chi connectivity index (χ0v) is 13.2. The molecule has 0 aliphatic carbocycles. The van der Waals surface area contributed by atoms with E-state index >= 15 is 0 Å². The van der Waals surface area contributed by atoms with E-state index in [2.05, 4.69) is 6.92 Å². The fourth-order valence-electron chi connectivity index (χ4n) is 3.08. The number of nitrogens with two attached hydrogens (primary N) is 1. The van der Waals surface area contributed by atoms with Gasteiger partial charge in [0.1, 0.15) is 0 Å². The first-order chi connectivity index (χ1) is 9.48. The normalized spacial score (nSPS) is 25.3. The Morgan fingerprint density at radius 2 is 2.05 bits per heavy atom. The molecule has 2 atom stereocenters. The van der Waals surface area contributed by atoms with Crippen molar-refractivity contribution in [3.63, 3.8) is 0 Å². The third kappa shape index (κ3) is 6.23. The summed E-state index contributed by atoms with van der Waals surface area (Å²) in [6.45, 7) is 6.26. The van der Waals surface area contributed by atoms with E-state index in [-0.39, 0.29) is 5.91 Å². The topological polar surface area (TPSA) is 66.6 Å². The molecule has 1 rings (SSSR count). The molecule has 0 aromatic carbocycles. The second kappa shape index (κ2) is 8.63. The minimum Gasteiger partial charge on any atom is -0.390 e. The van der Waals surface area contributed by atoms with Gasteiger partial charge in [-0.15, -0.1) is 0 Å². The number of hydrogen-bond donors (Lipinski definition) is 2. The number of likely N-dealkylation sites (tertiary alicyclic amines) is 1. The van der Waals surface area contributed by atoms with Gasteiger partial charge in [0.05, 0.1) is 5.60 Å². The smallest absolute Gasteiger partial charge is 0.222 e. The first kappa shape index (κ1) is 17.4. The second-order valence-electron chi connectivity index (χ2n) is 6.50. The Hall–Kier alpha value is -0.610. The van der Waals surface area contributed by atoms with E-state index in [1.54, 1.807) is 0 Å². The van der Waals surface area contributed by atoms with Gasteiger partial charge < -0.3 is 15.7 Å². The van der Waals surface area contributed by atoms with Gasteiger partial charge in [0.2, 0.25) is 5.91 Å². The summed E-state index contributed by atoms with van der Waals surface area (Å²) in [6.07, 6.45) is 7.33. The number of carbonyl (C=O) groups is 1. The molecule has 1 fully saturated rings. The van der Waals surface area contributed by atoms with Gasteiger partial charge in [-0.3, -0.25) is 4.79 Å². The van der Waals surface area contributed by atoms with Gasteiger partial charge in [0.15, 0.2) is 0 Å². The van der Waals surface area contributed by atoms with Crippen LogP contribution in [0.3, 0.4) is 0 Å². The Bertz CT molecular complexity index is 286. The van der Waals surface area contributed by atoms with Crippen molar-refractivity contribution in [3.8, 4) is 0 Å². The molecule has 2 unspecified atom stereocenters. The Balaban J connectivity index is 2.37. The van der Waals surface area contributed by atoms with Crippen LogP contribution < -0.4 is 5.73 Å². The first-order valence-corrected chi connectivity index (χ1v) is 8.18. The van der Waals surface area contributed by atoms with Crippen LogP contribution >= 0.6 is 0 Å². The minimum absolute atomic E-state index is 0.251. The lowest BCUT2D eigenvalue weighted by Crippen LogP contribution is -2.33. The molecule has 0 bridgehead atoms. The molecule has 1 saturated heterocycles. The molecule has 1 aliphatic heterocycles. The summed E-state index contributed by atoms with van der Waals surface area (Å²) in [7, 11) is 0. The highest BCUT2D eigenvalue weighted by molar-refractivity contribution is 5.76. The Kier molecular flexibility index (Phi) is 7.52. The number of aliphatic hydroxyl groups is 1. The number of rotatable bonds is 7. The molecule has 118 valence electrons. The van der Waals surface area contributed by atoms with Crippen LogP contribution in [0.2, 0.25) is 0 Å². The van der Waals surface area contributed by atoms with Crippen molar-refractivity contribution in [1.82, 2.24) is 4.90 Å². The molecule has 1 aliphatic rings. The van der Waals surface area contributed by atoms with Crippen molar-refractivity contribution < 1.29 is 9.90 Å². The molecule has 4 nitrogen and oxygen atoms in total. The lowest BCUT2D eigenvalue weighted by Gasteiger charge is -2.23. The van der Waals surface area contributed by atoms with E-state index < -0.39 is 5.60 Å². The lowest BCUT2D eigenvalue weighted by molar-refractivity contribution is -0.131. The largest absolute Gasteiger partial charge is 0.390 e. The summed E-state index contributed by atoms with van der Waals surface area (Å²) >= 11 is 0. The standard InChI is InChI=1S/C16H32N2O2/c1-3-5-14(8-11-17)6-7-15(19)18-12-4-9-16(2,20)10-13-18/h14,20H,3-13,17H2,1-2H3. The Morgan fingerprint density at radius 3 is 2.70 bits per heavy atom. The van der Waals surface area contributed by atoms with Crippen LogP contribution in [0.25, 0.3) is 0 Å². The molecule has 0 radical (unpaired) electrons. The van der Waals surface area contributed by atoms with Gasteiger partial charge in [0, 0.05) is 19.5 Å². The van der Waals surface area contributed by atoms with E-state index in [4.69, 9.17) is 5.73 Å². The lowest BCUT2D eigenvalue weighted by atomic mass is 9.94. The maximum absolute atomic E-state index is 12.3. The number of amides is 1. The van der Waals surface area contributed by atoms with Crippen LogP contribution in [0.1, 0.15) is 65.2 Å². The van der Waals surface area contributed by atoms with Gasteiger partial charge in [0.25, 0.3) is 0 Å². The van der Waals surface area contributed by atoms with Crippen LogP contribution in [0, 0.1) is 5.92 Å². The van der Waals surface area contributed by atoms with E-state index in [1.807, 2.05) is 11.8 Å². The van der Waals surface area contributed by atoms with Crippen molar-refractivity contribution in [2.75, 3.05) is 19.6 Å². The maximum Gasteiger partial charge on any atom is 0.222 e. The highest BCUT2D eigenvalue weighted by Crippen LogP contribution is 2.23. The molecule has 20 heavy (non-hydrogen) atoms. The molecule has 0 aromatic heterocycles. The number of hydrogen-bond acceptors (Lipinski definition) is 3. The average Bonchev–Trinajstić information content (AvgIpc) is 2.57. The van der Waals surface area contributed by atoms with Crippen molar-refractivity contribution >= 4 is 5.91 Å². The second-order valence-corrected chi connectivity index (χ2v) is 6.50. The van der Waals surface area contributed by atoms with Crippen molar-refractivity contribution in [1.29, 1.82) is 0 Å². The summed E-state index contributed by atoms with van der Waals surface area (Å²) < 4.78 is 0. The highest BCUT2D eigenvalue weighted by atomic mass is 16.3. The average molecular weight is 284 g/mol. The van der Waals surface area contributed by atoms with E-state index in [9.17, 15) is 9.90 Å². The van der Waals surface area contributed by atoms with E-state index in [1.165, 1.54) is 6.42 Å². The van der Waals surface area contributed by atoms with Crippen LogP contribution in [0.15, 0.2) is 0 Å². The van der Waals surface area contributed by atoms with Crippen molar-refractivity contribution in [2.45, 2.75) is 70.8 Å². The molecule has 0 aromatic rings. The Morgan fingerprint density at radius 1 is 1.30 bits per heavy atom. The summed E-state index contributed by atoms with van der Waals surface area (Å²) in [5, 5.41) is 10.1. The zero-order chi connectivity index (χ0) is 15.0. The molecule has 0 saturated carbocycles. The van der Waals surface area contributed by atoms with E-state index in [0.717, 1.165) is 38.6 Å². The maximum atomic E-state index is 12.3. The van der Waals surface area contributed by atoms with E-state index in [0.29, 0.717) is 31.8 Å². The number of nitrogens with zero attached hydrogens (tertiary/aromatic N) is 1. The number of carbonyl (C=O) groups excluding carboxylic acids is 1. The van der Waals surface area contributed by atoms with Crippen LogP contribution in [-0.4, -0.2) is 41.1 Å². The predicted molar refractivity (Wildman–Crippen MR) is 82.4 cm³/mol. The van der Waals surface area contributed by atoms with Crippen molar-refractivity contribution in [2.24, 2.45) is 11.7 Å². The molecular formula is C16H32N2O2. The van der Waals surface area contributed by atoms with Crippen LogP contribution in [-0.2, 0) is 4.79 Å². The van der Waals surface area contributed by atoms with Gasteiger partial charge in [-0.2, -0.15) is 0 Å². The third-order valence-electron chi connectivity index (χ3n) is 4.45. The highest BCUT2D eigenvalue weighted by Gasteiger charge is 2.27. The SMILES string of the molecule is CCCC(CCN)CCC(=O)N1CCCC(C)(O)CC1. The molecule has 1 heterocycles.